The summed E-state index contributed by atoms with van der Waals surface area (Å²) in [5, 5.41) is 9.63. The third-order valence-electron chi connectivity index (χ3n) is 0.510. The zero-order valence-electron chi connectivity index (χ0n) is 4.89. The van der Waals surface area contributed by atoms with E-state index in [0.717, 1.165) is 0 Å². The molecule has 0 saturated carbocycles. The van der Waals surface area contributed by atoms with Crippen LogP contribution in [0.25, 0.3) is 0 Å². The van der Waals surface area contributed by atoms with Gasteiger partial charge in [-0.25, -0.2) is 0 Å². The van der Waals surface area contributed by atoms with Crippen molar-refractivity contribution in [1.29, 1.82) is 0 Å². The van der Waals surface area contributed by atoms with E-state index in [2.05, 4.69) is 21.7 Å². The van der Waals surface area contributed by atoms with Gasteiger partial charge in [0.05, 0.1) is 0 Å². The maximum absolute atomic E-state index is 9.63. The van der Waals surface area contributed by atoms with Crippen LogP contribution in [0, 0.1) is 0 Å². The van der Waals surface area contributed by atoms with Gasteiger partial charge in [0.25, 0.3) is 0 Å². The maximum Gasteiger partial charge on any atom is 0.0422 e. The standard InChI is InChI=1S/C4H8O2S.Cl2/c1-7-3-2-4(5)6;1-2/h2-3H2,1H3,(H,5,6);/p-1. The number of hydrogen-bond acceptors (Lipinski definition) is 3. The summed E-state index contributed by atoms with van der Waals surface area (Å²) < 4.78 is 0. The van der Waals surface area contributed by atoms with Crippen LogP contribution in [0.2, 0.25) is 0 Å². The highest BCUT2D eigenvalue weighted by Gasteiger charge is 1.80. The third-order valence-corrected chi connectivity index (χ3v) is 1.12. The van der Waals surface area contributed by atoms with Crippen molar-refractivity contribution in [2.75, 3.05) is 12.0 Å². The second-order valence-corrected chi connectivity index (χ2v) is 2.10. The van der Waals surface area contributed by atoms with Gasteiger partial charge in [-0.05, 0) is 18.4 Å². The Kier molecular flexibility index (Phi) is 15.1. The molecule has 0 bridgehead atoms. The molecule has 0 aliphatic heterocycles. The average Bonchev–Trinajstić information content (AvgIpc) is 1.88. The molecule has 0 fully saturated rings. The Morgan fingerprint density at radius 1 is 1.67 bits per heavy atom. The van der Waals surface area contributed by atoms with E-state index in [9.17, 15) is 9.90 Å². The average molecular weight is 190 g/mol. The van der Waals surface area contributed by atoms with E-state index in [1.807, 2.05) is 6.26 Å². The molecule has 0 N–H and O–H groups in total. The smallest absolute Gasteiger partial charge is 0.0422 e. The summed E-state index contributed by atoms with van der Waals surface area (Å²) >= 11 is 1.51. The molecule has 5 heteroatoms. The van der Waals surface area contributed by atoms with Crippen LogP contribution in [-0.4, -0.2) is 18.0 Å². The lowest BCUT2D eigenvalue weighted by atomic mass is 10.5. The van der Waals surface area contributed by atoms with Crippen molar-refractivity contribution in [2.45, 2.75) is 6.42 Å². The number of carbonyl (C=O) groups excluding carboxylic acids is 1. The van der Waals surface area contributed by atoms with Gasteiger partial charge < -0.3 is 9.90 Å². The number of rotatable bonds is 3. The van der Waals surface area contributed by atoms with Crippen molar-refractivity contribution in [3.63, 3.8) is 0 Å². The molecule has 9 heavy (non-hydrogen) atoms. The van der Waals surface area contributed by atoms with Gasteiger partial charge in [0, 0.05) is 27.7 Å². The van der Waals surface area contributed by atoms with Gasteiger partial charge in [0.15, 0.2) is 0 Å². The fourth-order valence-corrected chi connectivity index (χ4v) is 0.556. The van der Waals surface area contributed by atoms with Gasteiger partial charge in [-0.3, -0.25) is 0 Å². The van der Waals surface area contributed by atoms with Crippen LogP contribution in [0.3, 0.4) is 0 Å². The molecule has 0 amide bonds. The number of halogens is 2. The van der Waals surface area contributed by atoms with E-state index in [-0.39, 0.29) is 6.42 Å². The molecule has 0 aromatic heterocycles. The largest absolute Gasteiger partial charge is 0.550 e. The zero-order valence-corrected chi connectivity index (χ0v) is 7.22. The highest BCUT2D eigenvalue weighted by Crippen LogP contribution is 1.92. The first-order chi connectivity index (χ1) is 4.27. The molecule has 2 nitrogen and oxygen atoms in total. The van der Waals surface area contributed by atoms with E-state index in [0.29, 0.717) is 5.75 Å². The van der Waals surface area contributed by atoms with Crippen LogP contribution in [0.4, 0.5) is 0 Å². The summed E-state index contributed by atoms with van der Waals surface area (Å²) in [6.45, 7) is 0. The fourth-order valence-electron chi connectivity index (χ4n) is 0.185. The Balaban J connectivity index is 0. The van der Waals surface area contributed by atoms with Crippen molar-refractivity contribution in [3.05, 3.63) is 0 Å². The number of carboxylic acid groups (broad SMARTS) is 1. The number of hydrogen-bond donors (Lipinski definition) is 0. The predicted molar refractivity (Wildman–Crippen MR) is 39.7 cm³/mol. The van der Waals surface area contributed by atoms with Crippen LogP contribution >= 0.6 is 33.5 Å². The SMILES string of the molecule is CSCCC(=O)[O-].ClCl. The number of aliphatic carboxylic acids is 1. The minimum absolute atomic E-state index is 0.168. The molecule has 0 radical (unpaired) electrons. The summed E-state index contributed by atoms with van der Waals surface area (Å²) in [6, 6.07) is 0. The summed E-state index contributed by atoms with van der Waals surface area (Å²) in [5.74, 6) is -0.308. The van der Waals surface area contributed by atoms with Crippen molar-refractivity contribution in [3.8, 4) is 0 Å². The van der Waals surface area contributed by atoms with Gasteiger partial charge in [-0.2, -0.15) is 11.8 Å². The minimum atomic E-state index is -0.964. The van der Waals surface area contributed by atoms with Gasteiger partial charge in [0.1, 0.15) is 0 Å². The first-order valence-electron chi connectivity index (χ1n) is 2.10. The molecule has 0 aromatic rings. The highest BCUT2D eigenvalue weighted by atomic mass is 36.5. The molecule has 0 atom stereocenters. The summed E-state index contributed by atoms with van der Waals surface area (Å²) in [6.07, 6.45) is 2.03. The van der Waals surface area contributed by atoms with Gasteiger partial charge >= 0.3 is 0 Å². The lowest BCUT2D eigenvalue weighted by molar-refractivity contribution is -0.305. The van der Waals surface area contributed by atoms with Crippen molar-refractivity contribution >= 4 is 39.4 Å². The molecule has 0 aromatic carbocycles. The van der Waals surface area contributed by atoms with E-state index in [1.54, 1.807) is 0 Å². The first-order valence-corrected chi connectivity index (χ1v) is 4.64. The van der Waals surface area contributed by atoms with Gasteiger partial charge in [-0.1, -0.05) is 0 Å². The number of thioether (sulfide) groups is 1. The normalized spacial score (nSPS) is 7.44. The molecule has 0 spiro atoms. The fraction of sp³-hybridized carbons (Fsp3) is 0.750. The topological polar surface area (TPSA) is 40.1 Å². The lowest BCUT2D eigenvalue weighted by Gasteiger charge is -1.95. The predicted octanol–water partition coefficient (Wildman–Crippen LogP) is 0.868. The van der Waals surface area contributed by atoms with E-state index < -0.39 is 5.97 Å². The maximum atomic E-state index is 9.63. The zero-order chi connectivity index (χ0) is 7.70. The van der Waals surface area contributed by atoms with Crippen molar-refractivity contribution in [1.82, 2.24) is 0 Å². The molecular weight excluding hydrogens is 183 g/mol. The highest BCUT2D eigenvalue weighted by molar-refractivity contribution is 7.98. The van der Waals surface area contributed by atoms with Crippen molar-refractivity contribution in [2.24, 2.45) is 0 Å². The Morgan fingerprint density at radius 3 is 2.22 bits per heavy atom. The molecule has 0 saturated heterocycles. The monoisotopic (exact) mass is 189 g/mol. The summed E-state index contributed by atoms with van der Waals surface area (Å²) in [5.41, 5.74) is 0. The molecule has 0 heterocycles. The Labute approximate surface area is 68.1 Å². The van der Waals surface area contributed by atoms with Crippen LogP contribution in [-0.2, 0) is 4.79 Å². The minimum Gasteiger partial charge on any atom is -0.550 e. The quantitative estimate of drug-likeness (QED) is 0.662. The second-order valence-electron chi connectivity index (χ2n) is 1.11. The van der Waals surface area contributed by atoms with Crippen molar-refractivity contribution < 1.29 is 9.90 Å². The van der Waals surface area contributed by atoms with Crippen LogP contribution in [0.1, 0.15) is 6.42 Å². The molecule has 0 rings (SSSR count). The number of carboxylic acids is 1. The molecular formula is C4H7Cl2O2S-. The summed E-state index contributed by atoms with van der Waals surface area (Å²) in [7, 11) is 8.22. The van der Waals surface area contributed by atoms with Crippen LogP contribution in [0.15, 0.2) is 0 Å². The first kappa shape index (κ1) is 12.1. The van der Waals surface area contributed by atoms with Crippen LogP contribution in [0.5, 0.6) is 0 Å². The van der Waals surface area contributed by atoms with E-state index in [4.69, 9.17) is 0 Å². The Hall–Kier alpha value is 0.400. The molecule has 0 aliphatic carbocycles. The second kappa shape index (κ2) is 11.2. The summed E-state index contributed by atoms with van der Waals surface area (Å²) in [4.78, 5) is 9.63. The number of carbonyl (C=O) groups is 1. The molecule has 0 aliphatic rings. The van der Waals surface area contributed by atoms with E-state index >= 15 is 0 Å². The van der Waals surface area contributed by atoms with Gasteiger partial charge in [0.2, 0.25) is 0 Å². The van der Waals surface area contributed by atoms with Crippen LogP contribution < -0.4 is 5.11 Å². The Bertz CT molecular complexity index is 69.6. The lowest BCUT2D eigenvalue weighted by Crippen LogP contribution is -2.22. The third kappa shape index (κ3) is 17.8. The van der Waals surface area contributed by atoms with E-state index in [1.165, 1.54) is 11.8 Å². The Morgan fingerprint density at radius 2 is 2.11 bits per heavy atom. The van der Waals surface area contributed by atoms with Gasteiger partial charge in [-0.15, -0.1) is 0 Å². The molecule has 56 valence electrons. The molecule has 0 unspecified atom stereocenters.